The molecule has 0 aromatic heterocycles. The van der Waals surface area contributed by atoms with Crippen molar-refractivity contribution in [2.24, 2.45) is 15.7 Å². The van der Waals surface area contributed by atoms with Crippen molar-refractivity contribution in [3.05, 3.63) is 78.5 Å². The molecular weight excluding hydrogens is 370 g/mol. The molecule has 1 atom stereocenters. The maximum absolute atomic E-state index is 6.04. The van der Waals surface area contributed by atoms with Gasteiger partial charge in [0.2, 0.25) is 0 Å². The molecule has 0 bridgehead atoms. The first-order valence-corrected chi connectivity index (χ1v) is 10.6. The van der Waals surface area contributed by atoms with E-state index in [1.807, 2.05) is 43.3 Å². The highest BCUT2D eigenvalue weighted by atomic mass is 15.2. The number of nitrogens with one attached hydrogen (secondary N) is 1. The lowest BCUT2D eigenvalue weighted by Crippen LogP contribution is -2.42. The number of nitrogens with zero attached hydrogens (tertiary/aromatic N) is 3. The summed E-state index contributed by atoms with van der Waals surface area (Å²) in [7, 11) is 0. The Morgan fingerprint density at radius 2 is 1.57 bits per heavy atom. The fourth-order valence-electron chi connectivity index (χ4n) is 2.75. The summed E-state index contributed by atoms with van der Waals surface area (Å²) in [6, 6.07) is 20.2. The van der Waals surface area contributed by atoms with Crippen LogP contribution in [-0.2, 0) is 6.54 Å². The van der Waals surface area contributed by atoms with E-state index in [2.05, 4.69) is 78.7 Å². The van der Waals surface area contributed by atoms with E-state index in [4.69, 9.17) is 5.73 Å². The summed E-state index contributed by atoms with van der Waals surface area (Å²) in [4.78, 5) is 11.1. The number of para-hydroxylation sites is 1. The SMILES string of the molecule is C=C(NC(N)=NC(C)=Nc1ccccc1)C(C)N(CC)Cc1ccccc1.CCC. The molecule has 0 aliphatic heterocycles. The van der Waals surface area contributed by atoms with Crippen LogP contribution in [0.15, 0.2) is 82.9 Å². The van der Waals surface area contributed by atoms with Crippen LogP contribution in [0.4, 0.5) is 5.69 Å². The van der Waals surface area contributed by atoms with Gasteiger partial charge < -0.3 is 11.1 Å². The molecule has 0 radical (unpaired) electrons. The Morgan fingerprint density at radius 3 is 2.10 bits per heavy atom. The van der Waals surface area contributed by atoms with Gasteiger partial charge in [0.15, 0.2) is 5.96 Å². The van der Waals surface area contributed by atoms with Crippen molar-refractivity contribution < 1.29 is 0 Å². The van der Waals surface area contributed by atoms with Crippen LogP contribution in [0.3, 0.4) is 0 Å². The largest absolute Gasteiger partial charge is 0.369 e. The molecular formula is C25H37N5. The number of aliphatic imine (C=N–C) groups is 2. The minimum Gasteiger partial charge on any atom is -0.369 e. The van der Waals surface area contributed by atoms with E-state index in [9.17, 15) is 0 Å². The van der Waals surface area contributed by atoms with Gasteiger partial charge in [-0.25, -0.2) is 9.98 Å². The molecule has 3 N–H and O–H groups in total. The predicted molar refractivity (Wildman–Crippen MR) is 131 cm³/mol. The van der Waals surface area contributed by atoms with Crippen molar-refractivity contribution in [2.75, 3.05) is 6.54 Å². The van der Waals surface area contributed by atoms with E-state index in [-0.39, 0.29) is 6.04 Å². The highest BCUT2D eigenvalue weighted by Crippen LogP contribution is 2.12. The van der Waals surface area contributed by atoms with Gasteiger partial charge in [0.25, 0.3) is 0 Å². The van der Waals surface area contributed by atoms with Gasteiger partial charge in [-0.2, -0.15) is 0 Å². The first-order valence-electron chi connectivity index (χ1n) is 10.6. The summed E-state index contributed by atoms with van der Waals surface area (Å²) < 4.78 is 0. The summed E-state index contributed by atoms with van der Waals surface area (Å²) in [5.41, 5.74) is 8.96. The van der Waals surface area contributed by atoms with Gasteiger partial charge in [0, 0.05) is 18.3 Å². The average molecular weight is 408 g/mol. The molecule has 5 nitrogen and oxygen atoms in total. The van der Waals surface area contributed by atoms with Crippen LogP contribution in [0.1, 0.15) is 46.6 Å². The molecule has 5 heteroatoms. The van der Waals surface area contributed by atoms with Gasteiger partial charge in [0.05, 0.1) is 5.69 Å². The molecule has 1 unspecified atom stereocenters. The Kier molecular flexibility index (Phi) is 11.8. The van der Waals surface area contributed by atoms with Gasteiger partial charge in [0.1, 0.15) is 5.84 Å². The lowest BCUT2D eigenvalue weighted by Gasteiger charge is -2.29. The summed E-state index contributed by atoms with van der Waals surface area (Å²) in [6.45, 7) is 16.2. The molecule has 2 rings (SSSR count). The second-order valence-electron chi connectivity index (χ2n) is 7.07. The van der Waals surface area contributed by atoms with Crippen LogP contribution >= 0.6 is 0 Å². The maximum atomic E-state index is 6.04. The Bertz CT molecular complexity index is 797. The molecule has 2 aromatic carbocycles. The van der Waals surface area contributed by atoms with E-state index in [1.165, 1.54) is 12.0 Å². The minimum atomic E-state index is 0.107. The van der Waals surface area contributed by atoms with Gasteiger partial charge in [-0.05, 0) is 38.1 Å². The smallest absolute Gasteiger partial charge is 0.199 e. The molecule has 162 valence electrons. The fourth-order valence-corrected chi connectivity index (χ4v) is 2.75. The third kappa shape index (κ3) is 9.52. The zero-order valence-corrected chi connectivity index (χ0v) is 19.1. The van der Waals surface area contributed by atoms with Gasteiger partial charge in [-0.15, -0.1) is 0 Å². The summed E-state index contributed by atoms with van der Waals surface area (Å²) >= 11 is 0. The Balaban J connectivity index is 0.00000141. The molecule has 2 aromatic rings. The maximum Gasteiger partial charge on any atom is 0.199 e. The highest BCUT2D eigenvalue weighted by Gasteiger charge is 2.16. The van der Waals surface area contributed by atoms with E-state index in [0.717, 1.165) is 24.5 Å². The van der Waals surface area contributed by atoms with Crippen molar-refractivity contribution >= 4 is 17.5 Å². The minimum absolute atomic E-state index is 0.107. The lowest BCUT2D eigenvalue weighted by atomic mass is 10.1. The van der Waals surface area contributed by atoms with Crippen molar-refractivity contribution in [1.29, 1.82) is 0 Å². The van der Waals surface area contributed by atoms with Crippen LogP contribution in [0, 0.1) is 0 Å². The first-order chi connectivity index (χ1) is 14.4. The van der Waals surface area contributed by atoms with Crippen LogP contribution in [0.25, 0.3) is 0 Å². The third-order valence-corrected chi connectivity index (χ3v) is 4.30. The van der Waals surface area contributed by atoms with E-state index < -0.39 is 0 Å². The quantitative estimate of drug-likeness (QED) is 0.472. The number of benzene rings is 2. The molecule has 0 aliphatic carbocycles. The van der Waals surface area contributed by atoms with Crippen LogP contribution in [0.2, 0.25) is 0 Å². The second kappa shape index (κ2) is 14.1. The van der Waals surface area contributed by atoms with Gasteiger partial charge in [-0.3, -0.25) is 4.90 Å². The van der Waals surface area contributed by atoms with Crippen LogP contribution in [-0.4, -0.2) is 29.3 Å². The number of hydrogen-bond acceptors (Lipinski definition) is 2. The highest BCUT2D eigenvalue weighted by molar-refractivity contribution is 5.95. The van der Waals surface area contributed by atoms with Crippen molar-refractivity contribution in [1.82, 2.24) is 10.2 Å². The average Bonchev–Trinajstić information content (AvgIpc) is 2.73. The number of amidine groups is 1. The number of rotatable bonds is 7. The molecule has 0 spiro atoms. The number of likely N-dealkylation sites (N-methyl/N-ethyl adjacent to an activating group) is 1. The van der Waals surface area contributed by atoms with E-state index in [0.29, 0.717) is 11.8 Å². The summed E-state index contributed by atoms with van der Waals surface area (Å²) in [6.07, 6.45) is 1.25. The first kappa shape index (κ1) is 25.1. The van der Waals surface area contributed by atoms with Crippen molar-refractivity contribution in [3.63, 3.8) is 0 Å². The normalized spacial score (nSPS) is 12.7. The molecule has 0 heterocycles. The third-order valence-electron chi connectivity index (χ3n) is 4.30. The number of nitrogens with two attached hydrogens (primary N) is 1. The molecule has 30 heavy (non-hydrogen) atoms. The van der Waals surface area contributed by atoms with Crippen molar-refractivity contribution in [2.45, 2.75) is 53.6 Å². The number of guanidine groups is 1. The predicted octanol–water partition coefficient (Wildman–Crippen LogP) is 5.48. The van der Waals surface area contributed by atoms with Crippen molar-refractivity contribution in [3.8, 4) is 0 Å². The zero-order chi connectivity index (χ0) is 22.4. The molecule has 0 aliphatic rings. The Morgan fingerprint density at radius 1 is 1.03 bits per heavy atom. The second-order valence-corrected chi connectivity index (χ2v) is 7.07. The van der Waals surface area contributed by atoms with E-state index in [1.54, 1.807) is 0 Å². The summed E-state index contributed by atoms with van der Waals surface area (Å²) in [5.74, 6) is 0.878. The van der Waals surface area contributed by atoms with E-state index >= 15 is 0 Å². The molecule has 0 saturated heterocycles. The molecule has 0 saturated carbocycles. The standard InChI is InChI=1S/C22H29N5.C3H8/c1-5-27(16-20-12-8-6-9-13-20)18(3)17(2)24-22(23)26-19(4)25-21-14-10-7-11-15-21;1-3-2/h6-15,18H,2,5,16H2,1,3-4H3,(H3,23,24,25,26);3H2,1-2H3. The molecule has 0 amide bonds. The van der Waals surface area contributed by atoms with Crippen LogP contribution < -0.4 is 11.1 Å². The van der Waals surface area contributed by atoms with Gasteiger partial charge >= 0.3 is 0 Å². The van der Waals surface area contributed by atoms with Crippen LogP contribution in [0.5, 0.6) is 0 Å². The Hall–Kier alpha value is -2.92. The van der Waals surface area contributed by atoms with Gasteiger partial charge in [-0.1, -0.05) is 82.3 Å². The monoisotopic (exact) mass is 407 g/mol. The number of hydrogen-bond donors (Lipinski definition) is 2. The lowest BCUT2D eigenvalue weighted by molar-refractivity contribution is 0.233. The fraction of sp³-hybridized carbons (Fsp3) is 0.360. The topological polar surface area (TPSA) is 66.0 Å². The summed E-state index contributed by atoms with van der Waals surface area (Å²) in [5, 5.41) is 3.11. The molecule has 0 fully saturated rings. The zero-order valence-electron chi connectivity index (χ0n) is 19.1. The Labute approximate surface area is 182 Å².